The Labute approximate surface area is 157 Å². The van der Waals surface area contributed by atoms with Crippen molar-refractivity contribution in [3.63, 3.8) is 0 Å². The minimum absolute atomic E-state index is 0.305. The third-order valence-corrected chi connectivity index (χ3v) is 6.76. The number of piperidine rings is 1. The van der Waals surface area contributed by atoms with Crippen molar-refractivity contribution in [1.82, 2.24) is 20.0 Å². The van der Waals surface area contributed by atoms with Crippen LogP contribution in [0.2, 0.25) is 0 Å². The van der Waals surface area contributed by atoms with Gasteiger partial charge < -0.3 is 19.5 Å². The number of likely N-dealkylation sites (tertiary alicyclic amines) is 1. The van der Waals surface area contributed by atoms with Crippen molar-refractivity contribution in [2.45, 2.75) is 64.2 Å². The molecular formula is C19H33BN4O2. The topological polar surface area (TPSA) is 51.5 Å². The van der Waals surface area contributed by atoms with Gasteiger partial charge in [-0.3, -0.25) is 4.68 Å². The molecule has 1 aromatic rings. The van der Waals surface area contributed by atoms with Gasteiger partial charge in [-0.15, -0.1) is 0 Å². The molecule has 3 aliphatic heterocycles. The highest BCUT2D eigenvalue weighted by atomic mass is 16.7. The van der Waals surface area contributed by atoms with Crippen LogP contribution in [0.5, 0.6) is 0 Å². The minimum atomic E-state index is -0.316. The van der Waals surface area contributed by atoms with E-state index in [-0.39, 0.29) is 18.3 Å². The Morgan fingerprint density at radius 2 is 1.85 bits per heavy atom. The van der Waals surface area contributed by atoms with Gasteiger partial charge in [-0.05, 0) is 66.0 Å². The SMILES string of the molecule is CC1(C)OB(c2cnn(C3CCN(CC4CCNC4)CC3)c2)OC1(C)C. The number of nitrogens with zero attached hydrogens (tertiary/aromatic N) is 3. The van der Waals surface area contributed by atoms with Crippen LogP contribution in [0.25, 0.3) is 0 Å². The fraction of sp³-hybridized carbons (Fsp3) is 0.842. The van der Waals surface area contributed by atoms with Crippen molar-refractivity contribution < 1.29 is 9.31 Å². The Balaban J connectivity index is 1.33. The van der Waals surface area contributed by atoms with Crippen molar-refractivity contribution in [2.24, 2.45) is 5.92 Å². The quantitative estimate of drug-likeness (QED) is 0.824. The third kappa shape index (κ3) is 3.59. The maximum atomic E-state index is 6.15. The van der Waals surface area contributed by atoms with E-state index >= 15 is 0 Å². The van der Waals surface area contributed by atoms with Crippen LogP contribution in [0.1, 0.15) is 53.0 Å². The Morgan fingerprint density at radius 3 is 2.46 bits per heavy atom. The first-order valence-corrected chi connectivity index (χ1v) is 10.2. The van der Waals surface area contributed by atoms with E-state index in [1.54, 1.807) is 0 Å². The fourth-order valence-corrected chi connectivity index (χ4v) is 4.26. The zero-order valence-electron chi connectivity index (χ0n) is 16.7. The third-order valence-electron chi connectivity index (χ3n) is 6.76. The molecule has 0 aromatic carbocycles. The number of rotatable bonds is 4. The molecule has 1 aromatic heterocycles. The second-order valence-electron chi connectivity index (χ2n) is 9.23. The molecule has 3 aliphatic rings. The number of hydrogen-bond acceptors (Lipinski definition) is 5. The average Bonchev–Trinajstić information content (AvgIpc) is 3.29. The second kappa shape index (κ2) is 6.93. The summed E-state index contributed by atoms with van der Waals surface area (Å²) in [7, 11) is -0.316. The summed E-state index contributed by atoms with van der Waals surface area (Å²) < 4.78 is 14.4. The first kappa shape index (κ1) is 18.5. The van der Waals surface area contributed by atoms with Gasteiger partial charge in [-0.1, -0.05) is 0 Å². The van der Waals surface area contributed by atoms with Gasteiger partial charge in [0.25, 0.3) is 0 Å². The van der Waals surface area contributed by atoms with Gasteiger partial charge in [0.05, 0.1) is 17.2 Å². The van der Waals surface area contributed by atoms with Crippen LogP contribution in [-0.4, -0.2) is 65.7 Å². The molecule has 0 saturated carbocycles. The van der Waals surface area contributed by atoms with Gasteiger partial charge in [0.2, 0.25) is 0 Å². The standard InChI is InChI=1S/C19H33BN4O2/c1-18(2)19(3,4)26-20(25-18)16-12-22-24(14-16)17-6-9-23(10-7-17)13-15-5-8-21-11-15/h12,14-15,17,21H,5-11,13H2,1-4H3. The average molecular weight is 360 g/mol. The molecule has 1 atom stereocenters. The van der Waals surface area contributed by atoms with Crippen LogP contribution in [0.15, 0.2) is 12.4 Å². The molecular weight excluding hydrogens is 327 g/mol. The van der Waals surface area contributed by atoms with Crippen LogP contribution >= 0.6 is 0 Å². The number of aromatic nitrogens is 2. The molecule has 4 heterocycles. The monoisotopic (exact) mass is 360 g/mol. The highest BCUT2D eigenvalue weighted by Gasteiger charge is 2.52. The molecule has 6 nitrogen and oxygen atoms in total. The lowest BCUT2D eigenvalue weighted by molar-refractivity contribution is 0.00578. The molecule has 26 heavy (non-hydrogen) atoms. The zero-order chi connectivity index (χ0) is 18.4. The van der Waals surface area contributed by atoms with Gasteiger partial charge >= 0.3 is 7.12 Å². The molecule has 3 fully saturated rings. The van der Waals surface area contributed by atoms with E-state index in [1.165, 1.54) is 52.0 Å². The van der Waals surface area contributed by atoms with E-state index in [2.05, 4.69) is 53.9 Å². The Bertz CT molecular complexity index is 603. The van der Waals surface area contributed by atoms with Crippen molar-refractivity contribution in [3.05, 3.63) is 12.4 Å². The van der Waals surface area contributed by atoms with Gasteiger partial charge in [0.1, 0.15) is 0 Å². The largest absolute Gasteiger partial charge is 0.498 e. The minimum Gasteiger partial charge on any atom is -0.399 e. The summed E-state index contributed by atoms with van der Waals surface area (Å²) >= 11 is 0. The van der Waals surface area contributed by atoms with Crippen LogP contribution < -0.4 is 10.8 Å². The highest BCUT2D eigenvalue weighted by molar-refractivity contribution is 6.62. The van der Waals surface area contributed by atoms with Crippen LogP contribution in [0.4, 0.5) is 0 Å². The molecule has 1 N–H and O–H groups in total. The molecule has 0 amide bonds. The summed E-state index contributed by atoms with van der Waals surface area (Å²) in [6.07, 6.45) is 7.72. The molecule has 0 radical (unpaired) electrons. The molecule has 3 saturated heterocycles. The summed E-state index contributed by atoms with van der Waals surface area (Å²) in [6.45, 7) is 14.3. The van der Waals surface area contributed by atoms with E-state index < -0.39 is 0 Å². The van der Waals surface area contributed by atoms with Crippen molar-refractivity contribution >= 4 is 12.6 Å². The predicted molar refractivity (Wildman–Crippen MR) is 104 cm³/mol. The molecule has 0 aliphatic carbocycles. The summed E-state index contributed by atoms with van der Waals surface area (Å²) in [6, 6.07) is 0.490. The predicted octanol–water partition coefficient (Wildman–Crippen LogP) is 1.43. The Morgan fingerprint density at radius 1 is 1.15 bits per heavy atom. The molecule has 0 bridgehead atoms. The van der Waals surface area contributed by atoms with Crippen LogP contribution in [0, 0.1) is 5.92 Å². The van der Waals surface area contributed by atoms with E-state index in [4.69, 9.17) is 9.31 Å². The Kier molecular flexibility index (Phi) is 4.93. The normalized spacial score (nSPS) is 29.5. The van der Waals surface area contributed by atoms with E-state index in [1.807, 2.05) is 6.20 Å². The zero-order valence-corrected chi connectivity index (χ0v) is 16.7. The van der Waals surface area contributed by atoms with Crippen molar-refractivity contribution in [1.29, 1.82) is 0 Å². The lowest BCUT2D eigenvalue weighted by Crippen LogP contribution is -2.41. The lowest BCUT2D eigenvalue weighted by atomic mass is 9.82. The van der Waals surface area contributed by atoms with E-state index in [0.29, 0.717) is 6.04 Å². The summed E-state index contributed by atoms with van der Waals surface area (Å²) in [5.41, 5.74) is 0.420. The second-order valence-corrected chi connectivity index (χ2v) is 9.23. The Hall–Kier alpha value is -0.885. The van der Waals surface area contributed by atoms with Crippen LogP contribution in [0.3, 0.4) is 0 Å². The maximum Gasteiger partial charge on any atom is 0.498 e. The summed E-state index contributed by atoms with van der Waals surface area (Å²) in [5.74, 6) is 0.839. The molecule has 144 valence electrons. The smallest absolute Gasteiger partial charge is 0.399 e. The molecule has 1 unspecified atom stereocenters. The van der Waals surface area contributed by atoms with Gasteiger partial charge in [0, 0.05) is 37.5 Å². The number of nitrogens with one attached hydrogen (secondary N) is 1. The van der Waals surface area contributed by atoms with Gasteiger partial charge in [0.15, 0.2) is 0 Å². The molecule has 0 spiro atoms. The molecule has 4 rings (SSSR count). The van der Waals surface area contributed by atoms with E-state index in [0.717, 1.165) is 11.4 Å². The van der Waals surface area contributed by atoms with E-state index in [9.17, 15) is 0 Å². The first-order valence-electron chi connectivity index (χ1n) is 10.2. The summed E-state index contributed by atoms with van der Waals surface area (Å²) in [5, 5.41) is 8.11. The number of hydrogen-bond donors (Lipinski definition) is 1. The molecule has 7 heteroatoms. The van der Waals surface area contributed by atoms with Gasteiger partial charge in [-0.2, -0.15) is 5.10 Å². The fourth-order valence-electron chi connectivity index (χ4n) is 4.26. The lowest BCUT2D eigenvalue weighted by Gasteiger charge is -2.33. The highest BCUT2D eigenvalue weighted by Crippen LogP contribution is 2.36. The maximum absolute atomic E-state index is 6.15. The first-order chi connectivity index (χ1) is 12.3. The van der Waals surface area contributed by atoms with Crippen molar-refractivity contribution in [3.8, 4) is 0 Å². The summed E-state index contributed by atoms with van der Waals surface area (Å²) in [4.78, 5) is 2.63. The van der Waals surface area contributed by atoms with Gasteiger partial charge in [-0.25, -0.2) is 0 Å². The van der Waals surface area contributed by atoms with Crippen LogP contribution in [-0.2, 0) is 9.31 Å². The van der Waals surface area contributed by atoms with Crippen molar-refractivity contribution in [2.75, 3.05) is 32.7 Å².